The van der Waals surface area contributed by atoms with Crippen LogP contribution in [0.2, 0.25) is 5.02 Å². The van der Waals surface area contributed by atoms with Crippen LogP contribution in [0.15, 0.2) is 83.8 Å². The smallest absolute Gasteiger partial charge is 0.336 e. The number of thioether (sulfide) groups is 1. The van der Waals surface area contributed by atoms with Crippen LogP contribution in [0.1, 0.15) is 26.3 Å². The van der Waals surface area contributed by atoms with Gasteiger partial charge in [0.25, 0.3) is 5.91 Å². The number of carbonyl (C=O) groups excluding carboxylic acids is 2. The Morgan fingerprint density at radius 2 is 1.54 bits per heavy atom. The molecule has 0 aliphatic carbocycles. The van der Waals surface area contributed by atoms with Crippen molar-refractivity contribution in [1.29, 1.82) is 0 Å². The summed E-state index contributed by atoms with van der Waals surface area (Å²) in [5.74, 6) is -1.52. The maximum atomic E-state index is 13.0. The van der Waals surface area contributed by atoms with Crippen molar-refractivity contribution in [1.82, 2.24) is 0 Å². The van der Waals surface area contributed by atoms with Crippen LogP contribution in [0.3, 0.4) is 0 Å². The largest absolute Gasteiger partial charge is 0.478 e. The van der Waals surface area contributed by atoms with Crippen LogP contribution in [0.4, 0.5) is 11.4 Å². The fraction of sp³-hybridized carbons (Fsp3) is 0.0741. The predicted molar refractivity (Wildman–Crippen MR) is 141 cm³/mol. The molecule has 2 amide bonds. The second-order valence-electron chi connectivity index (χ2n) is 7.80. The number of carboxylic acids is 1. The van der Waals surface area contributed by atoms with Gasteiger partial charge in [-0.15, -0.1) is 11.8 Å². The fourth-order valence-electron chi connectivity index (χ4n) is 3.59. The maximum Gasteiger partial charge on any atom is 0.336 e. The molecule has 0 radical (unpaired) electrons. The molecule has 0 heterocycles. The van der Waals surface area contributed by atoms with E-state index in [-0.39, 0.29) is 22.8 Å². The summed E-state index contributed by atoms with van der Waals surface area (Å²) in [6, 6.07) is 22.5. The Hall–Kier alpha value is -3.81. The zero-order valence-electron chi connectivity index (χ0n) is 18.7. The number of benzene rings is 4. The van der Waals surface area contributed by atoms with Crippen molar-refractivity contribution in [2.75, 3.05) is 16.4 Å². The molecule has 4 rings (SSSR count). The number of carboxylic acid groups (broad SMARTS) is 1. The molecule has 0 aromatic heterocycles. The highest BCUT2D eigenvalue weighted by atomic mass is 35.5. The summed E-state index contributed by atoms with van der Waals surface area (Å²) in [6.07, 6.45) is 0. The lowest BCUT2D eigenvalue weighted by molar-refractivity contribution is -0.113. The number of hydrogen-bond acceptors (Lipinski definition) is 4. The number of aryl methyl sites for hydroxylation is 1. The van der Waals surface area contributed by atoms with E-state index in [0.717, 1.165) is 10.5 Å². The molecule has 4 aromatic carbocycles. The third-order valence-electron chi connectivity index (χ3n) is 5.30. The summed E-state index contributed by atoms with van der Waals surface area (Å²) >= 11 is 7.44. The first-order chi connectivity index (χ1) is 16.8. The summed E-state index contributed by atoms with van der Waals surface area (Å²) in [4.78, 5) is 37.9. The first-order valence-electron chi connectivity index (χ1n) is 10.7. The highest BCUT2D eigenvalue weighted by Gasteiger charge is 2.17. The third-order valence-corrected chi connectivity index (χ3v) is 6.70. The number of rotatable bonds is 7. The number of halogens is 1. The van der Waals surface area contributed by atoms with Crippen LogP contribution in [0.5, 0.6) is 0 Å². The van der Waals surface area contributed by atoms with Crippen LogP contribution in [-0.2, 0) is 4.79 Å². The molecule has 3 N–H and O–H groups in total. The summed E-state index contributed by atoms with van der Waals surface area (Å²) in [6.45, 7) is 1.89. The molecule has 0 saturated heterocycles. The van der Waals surface area contributed by atoms with Gasteiger partial charge in [0.15, 0.2) is 0 Å². The number of aromatic carboxylic acids is 1. The van der Waals surface area contributed by atoms with E-state index >= 15 is 0 Å². The van der Waals surface area contributed by atoms with Gasteiger partial charge >= 0.3 is 5.97 Å². The van der Waals surface area contributed by atoms with E-state index < -0.39 is 11.9 Å². The van der Waals surface area contributed by atoms with E-state index in [9.17, 15) is 19.5 Å². The Labute approximate surface area is 211 Å². The molecule has 0 aliphatic rings. The van der Waals surface area contributed by atoms with E-state index in [2.05, 4.69) is 10.6 Å². The maximum absolute atomic E-state index is 13.0. The number of anilines is 2. The van der Waals surface area contributed by atoms with Crippen molar-refractivity contribution in [3.63, 3.8) is 0 Å². The lowest BCUT2D eigenvalue weighted by Crippen LogP contribution is -2.14. The average molecular weight is 505 g/mol. The highest BCUT2D eigenvalue weighted by molar-refractivity contribution is 8.00. The zero-order chi connectivity index (χ0) is 24.9. The second kappa shape index (κ2) is 10.6. The minimum Gasteiger partial charge on any atom is -0.478 e. The molecule has 0 spiro atoms. The molecule has 0 unspecified atom stereocenters. The van der Waals surface area contributed by atoms with Crippen LogP contribution in [0, 0.1) is 6.92 Å². The summed E-state index contributed by atoms with van der Waals surface area (Å²) in [5, 5.41) is 16.9. The van der Waals surface area contributed by atoms with Gasteiger partial charge in [0.2, 0.25) is 5.91 Å². The number of amides is 2. The van der Waals surface area contributed by atoms with Gasteiger partial charge in [-0.2, -0.15) is 0 Å². The normalized spacial score (nSPS) is 10.7. The van der Waals surface area contributed by atoms with E-state index in [1.54, 1.807) is 60.7 Å². The van der Waals surface area contributed by atoms with Crippen molar-refractivity contribution < 1.29 is 19.5 Å². The quantitative estimate of drug-likeness (QED) is 0.250. The van der Waals surface area contributed by atoms with Gasteiger partial charge in [0.05, 0.1) is 11.3 Å². The van der Waals surface area contributed by atoms with E-state index in [1.165, 1.54) is 17.8 Å². The molecular weight excluding hydrogens is 484 g/mol. The molecule has 176 valence electrons. The molecule has 0 saturated carbocycles. The minimum absolute atomic E-state index is 0.0680. The third kappa shape index (κ3) is 5.82. The molecule has 4 aromatic rings. The van der Waals surface area contributed by atoms with Crippen molar-refractivity contribution in [3.8, 4) is 0 Å². The van der Waals surface area contributed by atoms with Crippen LogP contribution < -0.4 is 10.6 Å². The number of carbonyl (C=O) groups is 3. The van der Waals surface area contributed by atoms with Gasteiger partial charge in [-0.1, -0.05) is 48.0 Å². The first-order valence-corrected chi connectivity index (χ1v) is 12.0. The molecule has 0 aliphatic heterocycles. The SMILES string of the molecule is Cc1ccc(NC(=O)CSc2cccc(NC(=O)c3cccc4cccc(C(=O)O)c34)c2)cc1Cl. The topological polar surface area (TPSA) is 95.5 Å². The summed E-state index contributed by atoms with van der Waals surface area (Å²) < 4.78 is 0. The van der Waals surface area contributed by atoms with Gasteiger partial charge in [0, 0.05) is 32.2 Å². The Bertz CT molecular complexity index is 1450. The minimum atomic E-state index is -1.10. The summed E-state index contributed by atoms with van der Waals surface area (Å²) in [5.41, 5.74) is 2.44. The van der Waals surface area contributed by atoms with Crippen molar-refractivity contribution in [3.05, 3.63) is 101 Å². The fourth-order valence-corrected chi connectivity index (χ4v) is 4.52. The van der Waals surface area contributed by atoms with Crippen molar-refractivity contribution in [2.45, 2.75) is 11.8 Å². The van der Waals surface area contributed by atoms with E-state index in [1.807, 2.05) is 19.1 Å². The van der Waals surface area contributed by atoms with Gasteiger partial charge < -0.3 is 15.7 Å². The van der Waals surface area contributed by atoms with Gasteiger partial charge in [-0.05, 0) is 60.3 Å². The predicted octanol–water partition coefficient (Wildman–Crippen LogP) is 6.48. The standard InChI is InChI=1S/C27H21ClN2O4S/c1-16-11-12-19(14-23(16)28)29-24(31)15-35-20-8-4-7-18(13-20)30-26(32)21-9-2-5-17-6-3-10-22(25(17)21)27(33)34/h2-14H,15H2,1H3,(H,29,31)(H,30,32)(H,33,34). The van der Waals surface area contributed by atoms with Crippen LogP contribution in [0.25, 0.3) is 10.8 Å². The van der Waals surface area contributed by atoms with Crippen molar-refractivity contribution >= 4 is 63.3 Å². The van der Waals surface area contributed by atoms with E-state index in [4.69, 9.17) is 11.6 Å². The number of hydrogen-bond donors (Lipinski definition) is 3. The van der Waals surface area contributed by atoms with Gasteiger partial charge in [-0.25, -0.2) is 4.79 Å². The summed E-state index contributed by atoms with van der Waals surface area (Å²) in [7, 11) is 0. The van der Waals surface area contributed by atoms with E-state index in [0.29, 0.717) is 27.2 Å². The zero-order valence-corrected chi connectivity index (χ0v) is 20.2. The Morgan fingerprint density at radius 3 is 2.26 bits per heavy atom. The molecule has 0 fully saturated rings. The average Bonchev–Trinajstić information content (AvgIpc) is 2.84. The Kier molecular flexibility index (Phi) is 7.39. The lowest BCUT2D eigenvalue weighted by Gasteiger charge is -2.11. The van der Waals surface area contributed by atoms with Crippen molar-refractivity contribution in [2.24, 2.45) is 0 Å². The number of fused-ring (bicyclic) bond motifs is 1. The Morgan fingerprint density at radius 1 is 0.857 bits per heavy atom. The van der Waals surface area contributed by atoms with Crippen LogP contribution >= 0.6 is 23.4 Å². The highest BCUT2D eigenvalue weighted by Crippen LogP contribution is 2.26. The molecule has 0 bridgehead atoms. The molecule has 6 nitrogen and oxygen atoms in total. The monoisotopic (exact) mass is 504 g/mol. The van der Waals surface area contributed by atoms with Gasteiger partial charge in [-0.3, -0.25) is 9.59 Å². The van der Waals surface area contributed by atoms with Crippen LogP contribution in [-0.4, -0.2) is 28.6 Å². The molecule has 35 heavy (non-hydrogen) atoms. The van der Waals surface area contributed by atoms with Gasteiger partial charge in [0.1, 0.15) is 0 Å². The lowest BCUT2D eigenvalue weighted by atomic mass is 9.98. The molecular formula is C27H21ClN2O4S. The molecule has 0 atom stereocenters. The first kappa shape index (κ1) is 24.3. The molecule has 8 heteroatoms. The number of nitrogens with one attached hydrogen (secondary N) is 2. The Balaban J connectivity index is 1.45. The second-order valence-corrected chi connectivity index (χ2v) is 9.25.